The van der Waals surface area contributed by atoms with E-state index in [4.69, 9.17) is 11.6 Å². The van der Waals surface area contributed by atoms with Crippen LogP contribution in [0.4, 0.5) is 17.1 Å². The van der Waals surface area contributed by atoms with E-state index in [1.165, 1.54) is 6.92 Å². The number of carbonyl (C=O) groups excluding carboxylic acids is 2. The number of carbonyl (C=O) groups is 2. The topological polar surface area (TPSA) is 70.2 Å². The summed E-state index contributed by atoms with van der Waals surface area (Å²) in [5.74, 6) is 0.0445. The molecular formula is C21H26ClN3O2. The van der Waals surface area contributed by atoms with Gasteiger partial charge in [-0.1, -0.05) is 43.6 Å². The quantitative estimate of drug-likeness (QED) is 0.607. The smallest absolute Gasteiger partial charge is 0.246 e. The van der Waals surface area contributed by atoms with E-state index in [1.54, 1.807) is 25.1 Å². The second-order valence-electron chi connectivity index (χ2n) is 6.63. The fraction of sp³-hybridized carbons (Fsp3) is 0.333. The maximum absolute atomic E-state index is 12.6. The second kappa shape index (κ2) is 9.42. The van der Waals surface area contributed by atoms with Crippen molar-refractivity contribution in [3.8, 4) is 0 Å². The van der Waals surface area contributed by atoms with Crippen LogP contribution in [-0.4, -0.2) is 17.9 Å². The maximum Gasteiger partial charge on any atom is 0.246 e. The molecule has 0 aliphatic rings. The third-order valence-corrected chi connectivity index (χ3v) is 4.73. The lowest BCUT2D eigenvalue weighted by atomic mass is 9.97. The van der Waals surface area contributed by atoms with Crippen LogP contribution in [0.2, 0.25) is 5.02 Å². The third-order valence-electron chi connectivity index (χ3n) is 4.42. The molecule has 0 aliphatic heterocycles. The molecule has 27 heavy (non-hydrogen) atoms. The molecule has 2 atom stereocenters. The number of halogens is 1. The van der Waals surface area contributed by atoms with Crippen LogP contribution in [0, 0.1) is 0 Å². The van der Waals surface area contributed by atoms with Crippen LogP contribution in [0.1, 0.15) is 45.6 Å². The van der Waals surface area contributed by atoms with E-state index in [0.29, 0.717) is 22.3 Å². The van der Waals surface area contributed by atoms with Gasteiger partial charge in [0.05, 0.1) is 10.7 Å². The summed E-state index contributed by atoms with van der Waals surface area (Å²) < 4.78 is 0. The summed E-state index contributed by atoms with van der Waals surface area (Å²) in [7, 11) is 0. The Hall–Kier alpha value is -2.53. The van der Waals surface area contributed by atoms with Crippen molar-refractivity contribution in [3.05, 3.63) is 53.1 Å². The number of nitrogens with one attached hydrogen (secondary N) is 3. The molecule has 3 N–H and O–H groups in total. The minimum atomic E-state index is -0.460. The van der Waals surface area contributed by atoms with Gasteiger partial charge in [-0.3, -0.25) is 9.59 Å². The first kappa shape index (κ1) is 20.8. The van der Waals surface area contributed by atoms with Gasteiger partial charge in [-0.25, -0.2) is 0 Å². The average molecular weight is 388 g/mol. The van der Waals surface area contributed by atoms with E-state index in [0.717, 1.165) is 17.7 Å². The largest absolute Gasteiger partial charge is 0.374 e. The Morgan fingerprint density at radius 2 is 1.74 bits per heavy atom. The summed E-state index contributed by atoms with van der Waals surface area (Å²) in [6.07, 6.45) is 1.000. The Morgan fingerprint density at radius 3 is 2.37 bits per heavy atom. The molecule has 6 heteroatoms. The average Bonchev–Trinajstić information content (AvgIpc) is 2.63. The molecule has 2 aromatic rings. The van der Waals surface area contributed by atoms with Gasteiger partial charge in [-0.05, 0) is 49.1 Å². The third kappa shape index (κ3) is 5.73. The number of hydrogen-bond acceptors (Lipinski definition) is 3. The van der Waals surface area contributed by atoms with Gasteiger partial charge in [0.2, 0.25) is 11.8 Å². The molecule has 2 amide bonds. The Kier molecular flexibility index (Phi) is 7.25. The van der Waals surface area contributed by atoms with Crippen LogP contribution in [-0.2, 0) is 9.59 Å². The van der Waals surface area contributed by atoms with Gasteiger partial charge < -0.3 is 16.0 Å². The van der Waals surface area contributed by atoms with E-state index < -0.39 is 6.04 Å². The van der Waals surface area contributed by atoms with E-state index >= 15 is 0 Å². The van der Waals surface area contributed by atoms with Crippen LogP contribution in [0.25, 0.3) is 0 Å². The van der Waals surface area contributed by atoms with Gasteiger partial charge in [0.15, 0.2) is 0 Å². The lowest BCUT2D eigenvalue weighted by molar-refractivity contribution is -0.116. The molecule has 0 heterocycles. The Labute approximate surface area is 165 Å². The summed E-state index contributed by atoms with van der Waals surface area (Å²) in [4.78, 5) is 23.8. The zero-order valence-electron chi connectivity index (χ0n) is 16.1. The highest BCUT2D eigenvalue weighted by Crippen LogP contribution is 2.28. The fourth-order valence-corrected chi connectivity index (χ4v) is 2.94. The molecule has 0 aliphatic carbocycles. The van der Waals surface area contributed by atoms with Crippen molar-refractivity contribution in [2.45, 2.75) is 46.1 Å². The molecule has 0 saturated carbocycles. The Bertz CT molecular complexity index is 823. The monoisotopic (exact) mass is 387 g/mol. The van der Waals surface area contributed by atoms with Crippen molar-refractivity contribution in [1.82, 2.24) is 0 Å². The highest BCUT2D eigenvalue weighted by molar-refractivity contribution is 6.34. The fourth-order valence-electron chi connectivity index (χ4n) is 2.71. The number of benzene rings is 2. The van der Waals surface area contributed by atoms with Gasteiger partial charge in [0.25, 0.3) is 0 Å². The second-order valence-corrected chi connectivity index (χ2v) is 7.03. The molecule has 0 spiro atoms. The number of hydrogen-bond donors (Lipinski definition) is 3. The van der Waals surface area contributed by atoms with Crippen molar-refractivity contribution < 1.29 is 9.59 Å². The lowest BCUT2D eigenvalue weighted by Gasteiger charge is -2.19. The van der Waals surface area contributed by atoms with E-state index in [-0.39, 0.29) is 11.8 Å². The SMILES string of the molecule is CC[C@@H](C)c1ccccc1NC(=O)[C@H](C)Nc1ccc(NC(C)=O)c(Cl)c1. The molecule has 0 saturated heterocycles. The van der Waals surface area contributed by atoms with Crippen molar-refractivity contribution in [2.75, 3.05) is 16.0 Å². The summed E-state index contributed by atoms with van der Waals surface area (Å²) >= 11 is 6.18. The van der Waals surface area contributed by atoms with Crippen LogP contribution < -0.4 is 16.0 Å². The van der Waals surface area contributed by atoms with E-state index in [2.05, 4.69) is 29.8 Å². The highest BCUT2D eigenvalue weighted by Gasteiger charge is 2.16. The minimum absolute atomic E-state index is 0.132. The molecule has 0 bridgehead atoms. The van der Waals surface area contributed by atoms with Crippen molar-refractivity contribution >= 4 is 40.5 Å². The summed E-state index contributed by atoms with van der Waals surface area (Å²) in [5, 5.41) is 9.20. The Morgan fingerprint density at radius 1 is 1.04 bits per heavy atom. The van der Waals surface area contributed by atoms with Gasteiger partial charge in [0, 0.05) is 18.3 Å². The molecule has 0 fully saturated rings. The highest BCUT2D eigenvalue weighted by atomic mass is 35.5. The normalized spacial score (nSPS) is 12.8. The van der Waals surface area contributed by atoms with E-state index in [9.17, 15) is 9.59 Å². The standard InChI is InChI=1S/C21H26ClN3O2/c1-5-13(2)17-8-6-7-9-19(17)25-21(27)14(3)23-16-10-11-20(18(22)12-16)24-15(4)26/h6-14,23H,5H2,1-4H3,(H,24,26)(H,25,27)/t13-,14+/m1/s1. The molecule has 144 valence electrons. The number of amides is 2. The number of rotatable bonds is 7. The van der Waals surface area contributed by atoms with Crippen molar-refractivity contribution in [1.29, 1.82) is 0 Å². The van der Waals surface area contributed by atoms with Crippen molar-refractivity contribution in [3.63, 3.8) is 0 Å². The molecule has 2 rings (SSSR count). The summed E-state index contributed by atoms with van der Waals surface area (Å²) in [6, 6.07) is 12.6. The minimum Gasteiger partial charge on any atom is -0.374 e. The number of anilines is 3. The van der Waals surface area contributed by atoms with Gasteiger partial charge in [0.1, 0.15) is 6.04 Å². The molecule has 2 aromatic carbocycles. The van der Waals surface area contributed by atoms with Gasteiger partial charge in [-0.15, -0.1) is 0 Å². The molecular weight excluding hydrogens is 362 g/mol. The summed E-state index contributed by atoms with van der Waals surface area (Å²) in [6.45, 7) is 7.48. The van der Waals surface area contributed by atoms with Crippen LogP contribution in [0.15, 0.2) is 42.5 Å². The zero-order chi connectivity index (χ0) is 20.0. The molecule has 5 nitrogen and oxygen atoms in total. The molecule has 0 radical (unpaired) electrons. The Balaban J connectivity index is 2.06. The maximum atomic E-state index is 12.6. The predicted molar refractivity (Wildman–Crippen MR) is 113 cm³/mol. The van der Waals surface area contributed by atoms with Crippen molar-refractivity contribution in [2.24, 2.45) is 0 Å². The first-order valence-corrected chi connectivity index (χ1v) is 9.43. The first-order valence-electron chi connectivity index (χ1n) is 9.05. The van der Waals surface area contributed by atoms with Crippen LogP contribution in [0.3, 0.4) is 0 Å². The predicted octanol–water partition coefficient (Wildman–Crippen LogP) is 5.25. The van der Waals surface area contributed by atoms with Crippen LogP contribution >= 0.6 is 11.6 Å². The summed E-state index contributed by atoms with van der Waals surface area (Å²) in [5.41, 5.74) is 3.20. The molecule has 0 aromatic heterocycles. The molecule has 0 unspecified atom stereocenters. The number of para-hydroxylation sites is 1. The lowest BCUT2D eigenvalue weighted by Crippen LogP contribution is -2.32. The van der Waals surface area contributed by atoms with Gasteiger partial charge >= 0.3 is 0 Å². The van der Waals surface area contributed by atoms with Gasteiger partial charge in [-0.2, -0.15) is 0 Å². The zero-order valence-corrected chi connectivity index (χ0v) is 16.9. The van der Waals surface area contributed by atoms with E-state index in [1.807, 2.05) is 24.3 Å². The van der Waals surface area contributed by atoms with Crippen LogP contribution in [0.5, 0.6) is 0 Å². The first-order chi connectivity index (χ1) is 12.8.